The summed E-state index contributed by atoms with van der Waals surface area (Å²) in [7, 11) is -23.0. The van der Waals surface area contributed by atoms with Gasteiger partial charge in [-0.15, -0.1) is 0 Å². The van der Waals surface area contributed by atoms with Crippen molar-refractivity contribution in [2.45, 2.75) is 229 Å². The van der Waals surface area contributed by atoms with E-state index in [0.29, 0.717) is 12.8 Å². The second-order valence-electron chi connectivity index (χ2n) is 17.4. The van der Waals surface area contributed by atoms with Gasteiger partial charge in [0.2, 0.25) is 0 Å². The number of esters is 2. The Kier molecular flexibility index (Phi) is 35.3. The van der Waals surface area contributed by atoms with Crippen LogP contribution < -0.4 is 0 Å². The summed E-state index contributed by atoms with van der Waals surface area (Å²) in [5.41, 5.74) is 0. The molecule has 8 atom stereocenters. The second kappa shape index (κ2) is 36.6. The van der Waals surface area contributed by atoms with E-state index < -0.39 is 99.2 Å². The molecule has 0 saturated heterocycles. The Balaban J connectivity index is 2.89. The van der Waals surface area contributed by atoms with Gasteiger partial charge in [0.05, 0.1) is 6.61 Å². The average molecular weight is 1080 g/mol. The molecular formula is C41H82O22P4S. The van der Waals surface area contributed by atoms with Gasteiger partial charge < -0.3 is 53.9 Å². The lowest BCUT2D eigenvalue weighted by Gasteiger charge is -2.45. The van der Waals surface area contributed by atoms with Crippen LogP contribution in [0, 0.1) is 0 Å². The van der Waals surface area contributed by atoms with E-state index in [1.165, 1.54) is 83.5 Å². The van der Waals surface area contributed by atoms with Crippen molar-refractivity contribution in [1.82, 2.24) is 0 Å². The van der Waals surface area contributed by atoms with Gasteiger partial charge in [0.1, 0.15) is 43.2 Å². The molecule has 1 aliphatic carbocycles. The summed E-state index contributed by atoms with van der Waals surface area (Å²) in [4.78, 5) is 92.8. The largest absolute Gasteiger partial charge is 0.472 e. The quantitative estimate of drug-likeness (QED) is 0.0120. The van der Waals surface area contributed by atoms with Crippen LogP contribution in [0.25, 0.3) is 0 Å². The molecule has 404 valence electrons. The van der Waals surface area contributed by atoms with Gasteiger partial charge in [0, 0.05) is 12.8 Å². The Morgan fingerprint density at radius 2 is 0.794 bits per heavy atom. The number of ether oxygens (including phenoxy) is 2. The van der Waals surface area contributed by atoms with Crippen LogP contribution in [-0.2, 0) is 59.9 Å². The fourth-order valence-corrected chi connectivity index (χ4v) is 10.6. The van der Waals surface area contributed by atoms with Gasteiger partial charge >= 0.3 is 43.2 Å². The topological polar surface area (TPSA) is 349 Å². The van der Waals surface area contributed by atoms with Crippen molar-refractivity contribution in [1.29, 1.82) is 0 Å². The molecule has 0 bridgehead atoms. The highest BCUT2D eigenvalue weighted by Gasteiger charge is 2.59. The normalized spacial score (nSPS) is 21.6. The molecule has 1 aliphatic rings. The minimum Gasteiger partial charge on any atom is -0.462 e. The highest BCUT2D eigenvalue weighted by Crippen LogP contribution is 2.53. The molecule has 0 radical (unpaired) electrons. The van der Waals surface area contributed by atoms with Crippen molar-refractivity contribution in [2.24, 2.45) is 0 Å². The lowest BCUT2D eigenvalue weighted by Crippen LogP contribution is -2.65. The monoisotopic (exact) mass is 1080 g/mol. The van der Waals surface area contributed by atoms with Gasteiger partial charge in [0.25, 0.3) is 0 Å². The van der Waals surface area contributed by atoms with Crippen molar-refractivity contribution in [3.8, 4) is 0 Å². The maximum atomic E-state index is 13.3. The zero-order chi connectivity index (χ0) is 51.1. The van der Waals surface area contributed by atoms with Crippen LogP contribution in [0.4, 0.5) is 0 Å². The maximum absolute atomic E-state index is 13.3. The Morgan fingerprint density at radius 1 is 0.456 bits per heavy atom. The third kappa shape index (κ3) is 34.1. The van der Waals surface area contributed by atoms with Crippen molar-refractivity contribution in [3.63, 3.8) is 0 Å². The number of aliphatic hydroxyl groups is 2. The summed E-state index contributed by atoms with van der Waals surface area (Å²) in [6.45, 7) is 0.551. The number of hydrogen-bond acceptors (Lipinski definition) is 16. The summed E-state index contributed by atoms with van der Waals surface area (Å²) in [6.07, 6.45) is 10.1. The van der Waals surface area contributed by atoms with E-state index >= 15 is 0 Å². The highest BCUT2D eigenvalue weighted by molar-refractivity contribution is 7.80. The Morgan fingerprint density at radius 3 is 1.16 bits per heavy atom. The standard InChI is InChI=1S/C41H82O22P4S/c1-2-3-4-5-6-7-8-10-14-17-20-23-26-29-35(43)59-33(31-57-34(42)28-25-22-19-16-13-11-9-12-15-18-21-24-27-30-68)32-58-67(55,56)63-38-36(44)39(60-64(46,47)48)41(62-66(52,53)54)40(37(38)45)61-65(49,50)51/h33,36-41,44-45,68H,2-32H2,1H3,(H,55,56)(H2,46,47,48)(H2,49,50,51)(H2,52,53,54)/t33-,36-,37?,38?,39-,40+,41?/m0/s1. The SMILES string of the molecule is CCCCCCCCCCCCCCCC(=O)O[C@@H](COC(=O)CCCCCCCCCCCCCCCS)COP(=O)(O)OC1C(O)[C@@H](OP(=O)(O)O)C(OP(=O)(O)O)[C@@H](OP(=O)(O)O)[C@H]1O. The molecule has 9 N–H and O–H groups in total. The van der Waals surface area contributed by atoms with Crippen LogP contribution in [0.5, 0.6) is 0 Å². The van der Waals surface area contributed by atoms with E-state index in [1.54, 1.807) is 0 Å². The molecule has 1 rings (SSSR count). The molecule has 1 saturated carbocycles. The average Bonchev–Trinajstić information content (AvgIpc) is 3.24. The maximum Gasteiger partial charge on any atom is 0.472 e. The molecule has 1 fully saturated rings. The van der Waals surface area contributed by atoms with Crippen LogP contribution in [0.15, 0.2) is 0 Å². The fraction of sp³-hybridized carbons (Fsp3) is 0.951. The lowest BCUT2D eigenvalue weighted by atomic mass is 9.85. The van der Waals surface area contributed by atoms with Crippen molar-refractivity contribution in [3.05, 3.63) is 0 Å². The molecule has 0 heterocycles. The van der Waals surface area contributed by atoms with Gasteiger partial charge in [-0.2, -0.15) is 12.6 Å². The van der Waals surface area contributed by atoms with Gasteiger partial charge in [-0.3, -0.25) is 32.2 Å². The van der Waals surface area contributed by atoms with Gasteiger partial charge in [-0.25, -0.2) is 18.3 Å². The molecule has 22 nitrogen and oxygen atoms in total. The van der Waals surface area contributed by atoms with E-state index in [4.69, 9.17) is 18.5 Å². The third-order valence-corrected chi connectivity index (χ3v) is 14.1. The zero-order valence-corrected chi connectivity index (χ0v) is 44.0. The molecular weight excluding hydrogens is 1000 g/mol. The number of hydrogen-bond donors (Lipinski definition) is 10. The summed E-state index contributed by atoms with van der Waals surface area (Å²) in [6, 6.07) is 0. The van der Waals surface area contributed by atoms with E-state index in [-0.39, 0.29) is 12.8 Å². The van der Waals surface area contributed by atoms with E-state index in [9.17, 15) is 72.3 Å². The molecule has 0 amide bonds. The molecule has 27 heteroatoms. The number of rotatable bonds is 43. The Bertz CT molecular complexity index is 1510. The number of aliphatic hydroxyl groups excluding tert-OH is 2. The van der Waals surface area contributed by atoms with Crippen LogP contribution in [0.1, 0.15) is 187 Å². The number of carbonyl (C=O) groups is 2. The van der Waals surface area contributed by atoms with Gasteiger partial charge in [-0.1, -0.05) is 155 Å². The molecule has 0 spiro atoms. The molecule has 0 aromatic heterocycles. The highest BCUT2D eigenvalue weighted by atomic mass is 32.1. The predicted octanol–water partition coefficient (Wildman–Crippen LogP) is 7.99. The molecule has 0 aromatic carbocycles. The molecule has 68 heavy (non-hydrogen) atoms. The van der Waals surface area contributed by atoms with Crippen LogP contribution >= 0.6 is 43.9 Å². The first-order chi connectivity index (χ1) is 32.0. The van der Waals surface area contributed by atoms with Crippen LogP contribution in [0.3, 0.4) is 0 Å². The number of phosphoric ester groups is 4. The van der Waals surface area contributed by atoms with Gasteiger partial charge in [0.15, 0.2) is 6.10 Å². The minimum atomic E-state index is -5.79. The first kappa shape index (κ1) is 65.7. The lowest BCUT2D eigenvalue weighted by molar-refractivity contribution is -0.209. The smallest absolute Gasteiger partial charge is 0.462 e. The molecule has 4 unspecified atom stereocenters. The van der Waals surface area contributed by atoms with E-state index in [1.807, 2.05) is 0 Å². The van der Waals surface area contributed by atoms with Gasteiger partial charge in [-0.05, 0) is 25.0 Å². The Hall–Kier alpha value is -0.350. The third-order valence-electron chi connectivity index (χ3n) is 11.2. The van der Waals surface area contributed by atoms with Crippen LogP contribution in [-0.4, -0.2) is 118 Å². The Labute approximate surface area is 407 Å². The zero-order valence-electron chi connectivity index (χ0n) is 39.5. The second-order valence-corrected chi connectivity index (χ2v) is 22.8. The van der Waals surface area contributed by atoms with Crippen molar-refractivity contribution in [2.75, 3.05) is 19.0 Å². The number of carbonyl (C=O) groups excluding carboxylic acids is 2. The summed E-state index contributed by atoms with van der Waals surface area (Å²) < 4.78 is 82.1. The predicted molar refractivity (Wildman–Crippen MR) is 253 cm³/mol. The number of phosphoric acid groups is 4. The minimum absolute atomic E-state index is 0.0369. The van der Waals surface area contributed by atoms with Crippen LogP contribution in [0.2, 0.25) is 0 Å². The van der Waals surface area contributed by atoms with E-state index in [2.05, 4.69) is 33.1 Å². The van der Waals surface area contributed by atoms with E-state index in [0.717, 1.165) is 76.4 Å². The number of unbranched alkanes of at least 4 members (excludes halogenated alkanes) is 24. The molecule has 0 aliphatic heterocycles. The van der Waals surface area contributed by atoms with Crippen molar-refractivity contribution >= 4 is 55.9 Å². The number of thiol groups is 1. The first-order valence-electron chi connectivity index (χ1n) is 24.2. The summed E-state index contributed by atoms with van der Waals surface area (Å²) in [5, 5.41) is 21.8. The first-order valence-corrected chi connectivity index (χ1v) is 30.9. The molecule has 0 aromatic rings. The fourth-order valence-electron chi connectivity index (χ4n) is 7.71. The summed E-state index contributed by atoms with van der Waals surface area (Å²) in [5.74, 6) is -0.463. The summed E-state index contributed by atoms with van der Waals surface area (Å²) >= 11 is 4.24. The van der Waals surface area contributed by atoms with Crippen molar-refractivity contribution < 1.29 is 104 Å².